The maximum Gasteiger partial charge on any atom is 0.191 e. The van der Waals surface area contributed by atoms with Crippen LogP contribution in [-0.2, 0) is 0 Å². The summed E-state index contributed by atoms with van der Waals surface area (Å²) in [5, 5.41) is 7.30. The van der Waals surface area contributed by atoms with Crippen molar-refractivity contribution in [3.63, 3.8) is 0 Å². The van der Waals surface area contributed by atoms with Crippen LogP contribution in [0.2, 0.25) is 0 Å². The fourth-order valence-electron chi connectivity index (χ4n) is 4.46. The van der Waals surface area contributed by atoms with Crippen LogP contribution in [0.15, 0.2) is 4.99 Å². The van der Waals surface area contributed by atoms with Crippen LogP contribution in [-0.4, -0.2) is 74.2 Å². The highest BCUT2D eigenvalue weighted by Gasteiger charge is 2.39. The van der Waals surface area contributed by atoms with E-state index in [0.29, 0.717) is 11.6 Å². The fraction of sp³-hybridized carbons (Fsp3) is 0.952. The Hall–Kier alpha value is -0.0800. The van der Waals surface area contributed by atoms with Gasteiger partial charge < -0.3 is 15.5 Å². The zero-order valence-electron chi connectivity index (χ0n) is 18.2. The Kier molecular flexibility index (Phi) is 12.2. The SMILES string of the molecule is CCCCCC(C)NC(=NC)NCC1(N2CCCCC2)CCN(C)CC1.I. The summed E-state index contributed by atoms with van der Waals surface area (Å²) < 4.78 is 0. The molecule has 0 aromatic rings. The molecule has 5 nitrogen and oxygen atoms in total. The molecule has 0 aromatic heterocycles. The molecule has 2 saturated heterocycles. The van der Waals surface area contributed by atoms with Gasteiger partial charge in [-0.25, -0.2) is 0 Å². The van der Waals surface area contributed by atoms with Crippen molar-refractivity contribution in [2.45, 2.75) is 83.2 Å². The Labute approximate surface area is 185 Å². The largest absolute Gasteiger partial charge is 0.355 e. The van der Waals surface area contributed by atoms with E-state index in [4.69, 9.17) is 0 Å². The maximum atomic E-state index is 4.50. The topological polar surface area (TPSA) is 42.9 Å². The fourth-order valence-corrected chi connectivity index (χ4v) is 4.46. The van der Waals surface area contributed by atoms with E-state index in [2.05, 4.69) is 46.3 Å². The van der Waals surface area contributed by atoms with E-state index in [1.165, 1.54) is 84.0 Å². The van der Waals surface area contributed by atoms with Crippen molar-refractivity contribution in [3.05, 3.63) is 0 Å². The van der Waals surface area contributed by atoms with Crippen molar-refractivity contribution in [1.29, 1.82) is 0 Å². The lowest BCUT2D eigenvalue weighted by Crippen LogP contribution is -2.62. The van der Waals surface area contributed by atoms with Gasteiger partial charge in [0.05, 0.1) is 0 Å². The molecule has 0 aromatic carbocycles. The van der Waals surface area contributed by atoms with Gasteiger partial charge in [0.25, 0.3) is 0 Å². The van der Waals surface area contributed by atoms with E-state index in [1.807, 2.05) is 7.05 Å². The number of likely N-dealkylation sites (tertiary alicyclic amines) is 2. The summed E-state index contributed by atoms with van der Waals surface area (Å²) in [4.78, 5) is 9.76. The molecule has 2 rings (SSSR count). The highest BCUT2D eigenvalue weighted by Crippen LogP contribution is 2.30. The van der Waals surface area contributed by atoms with Crippen molar-refractivity contribution < 1.29 is 0 Å². The van der Waals surface area contributed by atoms with Crippen molar-refractivity contribution in [2.75, 3.05) is 46.8 Å². The number of aliphatic imine (C=N–C) groups is 1. The number of rotatable bonds is 8. The number of nitrogens with one attached hydrogen (secondary N) is 2. The Balaban J connectivity index is 0.00000364. The first-order chi connectivity index (χ1) is 12.6. The average Bonchev–Trinajstić information content (AvgIpc) is 2.67. The van der Waals surface area contributed by atoms with Crippen LogP contribution in [0.1, 0.15) is 71.6 Å². The number of hydrogen-bond donors (Lipinski definition) is 2. The standard InChI is InChI=1S/C21H43N5.HI/c1-5-6-8-11-19(2)24-20(22-3)23-18-21(12-16-25(4)17-13-21)26-14-9-7-10-15-26;/h19H,5-18H2,1-4H3,(H2,22,23,24);1H. The Morgan fingerprint density at radius 2 is 1.74 bits per heavy atom. The van der Waals surface area contributed by atoms with E-state index in [-0.39, 0.29) is 24.0 Å². The second kappa shape index (κ2) is 13.2. The van der Waals surface area contributed by atoms with Crippen LogP contribution >= 0.6 is 24.0 Å². The first-order valence-electron chi connectivity index (χ1n) is 11.0. The van der Waals surface area contributed by atoms with Crippen molar-refractivity contribution in [3.8, 4) is 0 Å². The summed E-state index contributed by atoms with van der Waals surface area (Å²) in [5.74, 6) is 0.976. The molecule has 0 bridgehead atoms. The predicted octanol–water partition coefficient (Wildman–Crippen LogP) is 3.69. The zero-order chi connectivity index (χ0) is 18.8. The Morgan fingerprint density at radius 3 is 2.33 bits per heavy atom. The molecule has 0 amide bonds. The molecule has 6 heteroatoms. The average molecular weight is 494 g/mol. The van der Waals surface area contributed by atoms with Gasteiger partial charge in [0.2, 0.25) is 0 Å². The minimum absolute atomic E-state index is 0. The van der Waals surface area contributed by atoms with Crippen molar-refractivity contribution in [2.24, 2.45) is 4.99 Å². The Bertz CT molecular complexity index is 415. The van der Waals surface area contributed by atoms with Crippen LogP contribution in [0, 0.1) is 0 Å². The summed E-state index contributed by atoms with van der Waals surface area (Å²) in [6.07, 6.45) is 11.8. The van der Waals surface area contributed by atoms with Crippen molar-refractivity contribution in [1.82, 2.24) is 20.4 Å². The lowest BCUT2D eigenvalue weighted by molar-refractivity contribution is 0.0173. The molecule has 0 saturated carbocycles. The summed E-state index contributed by atoms with van der Waals surface area (Å²) in [5.41, 5.74) is 0.302. The molecule has 2 fully saturated rings. The number of nitrogens with zero attached hydrogens (tertiary/aromatic N) is 3. The van der Waals surface area contributed by atoms with Gasteiger partial charge in [-0.1, -0.05) is 32.6 Å². The highest BCUT2D eigenvalue weighted by atomic mass is 127. The number of unbranched alkanes of at least 4 members (excludes halogenated alkanes) is 2. The van der Waals surface area contributed by atoms with Gasteiger partial charge in [-0.05, 0) is 72.3 Å². The van der Waals surface area contributed by atoms with Crippen LogP contribution in [0.3, 0.4) is 0 Å². The molecular formula is C21H44IN5. The van der Waals surface area contributed by atoms with Crippen LogP contribution in [0.5, 0.6) is 0 Å². The van der Waals surface area contributed by atoms with Crippen LogP contribution in [0.4, 0.5) is 0 Å². The third-order valence-corrected chi connectivity index (χ3v) is 6.38. The molecule has 0 spiro atoms. The van der Waals surface area contributed by atoms with Gasteiger partial charge in [-0.3, -0.25) is 9.89 Å². The first-order valence-corrected chi connectivity index (χ1v) is 11.0. The maximum absolute atomic E-state index is 4.50. The van der Waals surface area contributed by atoms with E-state index < -0.39 is 0 Å². The van der Waals surface area contributed by atoms with E-state index in [1.54, 1.807) is 0 Å². The molecule has 0 radical (unpaired) electrons. The summed E-state index contributed by atoms with van der Waals surface area (Å²) in [7, 11) is 4.16. The van der Waals surface area contributed by atoms with Gasteiger partial charge in [-0.15, -0.1) is 24.0 Å². The van der Waals surface area contributed by atoms with E-state index >= 15 is 0 Å². The number of piperidine rings is 2. The first kappa shape index (κ1) is 25.0. The molecule has 0 aliphatic carbocycles. The lowest BCUT2D eigenvalue weighted by atomic mass is 9.84. The van der Waals surface area contributed by atoms with Gasteiger partial charge in [0.1, 0.15) is 0 Å². The minimum Gasteiger partial charge on any atom is -0.355 e. The lowest BCUT2D eigenvalue weighted by Gasteiger charge is -2.50. The van der Waals surface area contributed by atoms with Gasteiger partial charge in [0.15, 0.2) is 5.96 Å². The third-order valence-electron chi connectivity index (χ3n) is 6.38. The van der Waals surface area contributed by atoms with Gasteiger partial charge in [-0.2, -0.15) is 0 Å². The molecule has 2 aliphatic rings. The normalized spacial score (nSPS) is 22.7. The molecule has 2 aliphatic heterocycles. The molecule has 27 heavy (non-hydrogen) atoms. The summed E-state index contributed by atoms with van der Waals surface area (Å²) in [6, 6.07) is 0.483. The molecule has 1 atom stereocenters. The van der Waals surface area contributed by atoms with E-state index in [9.17, 15) is 0 Å². The van der Waals surface area contributed by atoms with Crippen molar-refractivity contribution >= 4 is 29.9 Å². The second-order valence-corrected chi connectivity index (χ2v) is 8.54. The third kappa shape index (κ3) is 8.05. The highest BCUT2D eigenvalue weighted by molar-refractivity contribution is 14.0. The molecule has 2 N–H and O–H groups in total. The van der Waals surface area contributed by atoms with Gasteiger partial charge in [0, 0.05) is 25.2 Å². The summed E-state index contributed by atoms with van der Waals surface area (Å²) in [6.45, 7) is 10.5. The van der Waals surface area contributed by atoms with Crippen LogP contribution in [0.25, 0.3) is 0 Å². The van der Waals surface area contributed by atoms with Crippen LogP contribution < -0.4 is 10.6 Å². The number of halogens is 1. The predicted molar refractivity (Wildman–Crippen MR) is 128 cm³/mol. The zero-order valence-corrected chi connectivity index (χ0v) is 20.6. The molecule has 160 valence electrons. The second-order valence-electron chi connectivity index (χ2n) is 8.54. The Morgan fingerprint density at radius 1 is 1.07 bits per heavy atom. The molecule has 2 heterocycles. The summed E-state index contributed by atoms with van der Waals surface area (Å²) >= 11 is 0. The number of hydrogen-bond acceptors (Lipinski definition) is 3. The monoisotopic (exact) mass is 493 g/mol. The molecular weight excluding hydrogens is 449 g/mol. The molecule has 1 unspecified atom stereocenters. The quantitative estimate of drug-likeness (QED) is 0.234. The minimum atomic E-state index is 0. The number of guanidine groups is 1. The smallest absolute Gasteiger partial charge is 0.191 e. The van der Waals surface area contributed by atoms with E-state index in [0.717, 1.165) is 12.5 Å². The van der Waals surface area contributed by atoms with Gasteiger partial charge >= 0.3 is 0 Å².